The van der Waals surface area contributed by atoms with E-state index in [1.165, 1.54) is 11.4 Å². The summed E-state index contributed by atoms with van der Waals surface area (Å²) in [4.78, 5) is 14.8. The number of rotatable bonds is 12. The van der Waals surface area contributed by atoms with Crippen LogP contribution in [0.4, 0.5) is 0 Å². The number of oxazole rings is 1. The van der Waals surface area contributed by atoms with E-state index in [0.29, 0.717) is 41.7 Å². The molecule has 0 saturated heterocycles. The van der Waals surface area contributed by atoms with Crippen molar-refractivity contribution in [1.29, 1.82) is 0 Å². The second kappa shape index (κ2) is 11.9. The number of methoxy groups -OCH3 is 1. The molecule has 9 nitrogen and oxygen atoms in total. The first-order chi connectivity index (χ1) is 17.5. The predicted octanol–water partition coefficient (Wildman–Crippen LogP) is 4.14. The van der Waals surface area contributed by atoms with Crippen molar-refractivity contribution >= 4 is 16.0 Å². The lowest BCUT2D eigenvalue weighted by atomic mass is 10.1. The standard InChI is InChI=1S/C27H35N3O6S/c1-7-30(8-2)37(32,33)27(5,28-17-25(31)34-6)22-10-9-11-23(16-22)35-18-24-20(4)36-26(29-24)21-14-12-19(3)13-15-21/h9-16,28H,7-8,17-18H2,1-6H3. The molecule has 1 aromatic heterocycles. The van der Waals surface area contributed by atoms with Crippen molar-refractivity contribution in [2.75, 3.05) is 26.7 Å². The van der Waals surface area contributed by atoms with E-state index in [-0.39, 0.29) is 13.2 Å². The second-order valence-corrected chi connectivity index (χ2v) is 11.0. The smallest absolute Gasteiger partial charge is 0.319 e. The van der Waals surface area contributed by atoms with Crippen molar-refractivity contribution in [3.8, 4) is 17.2 Å². The summed E-state index contributed by atoms with van der Waals surface area (Å²) in [6.45, 7) is 9.36. The lowest BCUT2D eigenvalue weighted by molar-refractivity contribution is -0.139. The Kier molecular flexibility index (Phi) is 9.12. The number of hydrogen-bond acceptors (Lipinski definition) is 8. The van der Waals surface area contributed by atoms with Crippen LogP contribution in [-0.4, -0.2) is 50.4 Å². The summed E-state index contributed by atoms with van der Waals surface area (Å²) in [5.74, 6) is 1.03. The van der Waals surface area contributed by atoms with Crippen LogP contribution in [0.25, 0.3) is 11.5 Å². The predicted molar refractivity (Wildman–Crippen MR) is 141 cm³/mol. The molecule has 0 aliphatic rings. The van der Waals surface area contributed by atoms with Gasteiger partial charge in [-0.2, -0.15) is 0 Å². The number of carbonyl (C=O) groups is 1. The minimum absolute atomic E-state index is 0.139. The Balaban J connectivity index is 1.88. The maximum absolute atomic E-state index is 13.7. The average molecular weight is 530 g/mol. The third kappa shape index (κ3) is 6.20. The summed E-state index contributed by atoms with van der Waals surface area (Å²) in [5, 5.41) is 2.90. The highest BCUT2D eigenvalue weighted by atomic mass is 32.2. The average Bonchev–Trinajstić information content (AvgIpc) is 3.27. The highest BCUT2D eigenvalue weighted by Gasteiger charge is 2.44. The monoisotopic (exact) mass is 529 g/mol. The van der Waals surface area contributed by atoms with Crippen molar-refractivity contribution in [2.45, 2.75) is 46.1 Å². The molecule has 1 unspecified atom stereocenters. The summed E-state index contributed by atoms with van der Waals surface area (Å²) in [6, 6.07) is 14.7. The molecular formula is C27H35N3O6S. The third-order valence-corrected chi connectivity index (χ3v) is 8.92. The highest BCUT2D eigenvalue weighted by molar-refractivity contribution is 7.90. The van der Waals surface area contributed by atoms with Gasteiger partial charge in [-0.3, -0.25) is 10.1 Å². The Hall–Kier alpha value is -3.21. The van der Waals surface area contributed by atoms with Crippen molar-refractivity contribution in [1.82, 2.24) is 14.6 Å². The summed E-state index contributed by atoms with van der Waals surface area (Å²) in [5.41, 5.74) is 3.09. The number of ether oxygens (including phenoxy) is 2. The van der Waals surface area contributed by atoms with E-state index in [1.807, 2.05) is 38.1 Å². The van der Waals surface area contributed by atoms with Gasteiger partial charge in [-0.1, -0.05) is 43.7 Å². The Morgan fingerprint density at radius 3 is 2.41 bits per heavy atom. The van der Waals surface area contributed by atoms with Gasteiger partial charge in [0, 0.05) is 18.7 Å². The number of sulfonamides is 1. The molecule has 0 saturated carbocycles. The molecule has 10 heteroatoms. The fourth-order valence-corrected chi connectivity index (χ4v) is 5.77. The summed E-state index contributed by atoms with van der Waals surface area (Å²) in [6.07, 6.45) is 0. The van der Waals surface area contributed by atoms with Crippen molar-refractivity contribution in [3.05, 3.63) is 71.1 Å². The zero-order chi connectivity index (χ0) is 27.2. The summed E-state index contributed by atoms with van der Waals surface area (Å²) >= 11 is 0. The highest BCUT2D eigenvalue weighted by Crippen LogP contribution is 2.33. The molecule has 0 amide bonds. The van der Waals surface area contributed by atoms with E-state index in [9.17, 15) is 13.2 Å². The number of esters is 1. The Morgan fingerprint density at radius 1 is 1.11 bits per heavy atom. The van der Waals surface area contributed by atoms with Crippen LogP contribution in [0.3, 0.4) is 0 Å². The molecule has 2 aromatic carbocycles. The lowest BCUT2D eigenvalue weighted by Gasteiger charge is -2.35. The van der Waals surface area contributed by atoms with Crippen LogP contribution in [0.1, 0.15) is 43.4 Å². The number of aryl methyl sites for hydroxylation is 2. The van der Waals surface area contributed by atoms with Crippen LogP contribution in [-0.2, 0) is 31.0 Å². The van der Waals surface area contributed by atoms with Gasteiger partial charge in [0.1, 0.15) is 23.8 Å². The van der Waals surface area contributed by atoms with Gasteiger partial charge in [0.15, 0.2) is 4.87 Å². The van der Waals surface area contributed by atoms with Crippen LogP contribution < -0.4 is 10.1 Å². The summed E-state index contributed by atoms with van der Waals surface area (Å²) < 4.78 is 45.2. The molecule has 3 aromatic rings. The van der Waals surface area contributed by atoms with E-state index in [2.05, 4.69) is 10.3 Å². The maximum Gasteiger partial charge on any atom is 0.319 e. The number of benzene rings is 2. The second-order valence-electron chi connectivity index (χ2n) is 8.76. The number of aromatic nitrogens is 1. The van der Waals surface area contributed by atoms with Gasteiger partial charge < -0.3 is 13.9 Å². The SMILES string of the molecule is CCN(CC)S(=O)(=O)C(C)(NCC(=O)OC)c1cccc(OCc2nc(-c3ccc(C)cc3)oc2C)c1. The number of nitrogens with one attached hydrogen (secondary N) is 1. The molecule has 0 aliphatic heterocycles. The quantitative estimate of drug-likeness (QED) is 0.349. The zero-order valence-electron chi connectivity index (χ0n) is 22.2. The van der Waals surface area contributed by atoms with Gasteiger partial charge in [0.05, 0.1) is 13.7 Å². The normalized spacial score (nSPS) is 13.4. The molecule has 0 aliphatic carbocycles. The van der Waals surface area contributed by atoms with E-state index in [4.69, 9.17) is 13.9 Å². The van der Waals surface area contributed by atoms with E-state index in [1.54, 1.807) is 45.0 Å². The maximum atomic E-state index is 13.7. The van der Waals surface area contributed by atoms with Crippen molar-refractivity contribution < 1.29 is 27.1 Å². The van der Waals surface area contributed by atoms with Crippen LogP contribution in [0.15, 0.2) is 52.9 Å². The van der Waals surface area contributed by atoms with Gasteiger partial charge >= 0.3 is 5.97 Å². The fraction of sp³-hybridized carbons (Fsp3) is 0.407. The minimum Gasteiger partial charge on any atom is -0.487 e. The first kappa shape index (κ1) is 28.4. The molecule has 37 heavy (non-hydrogen) atoms. The molecule has 200 valence electrons. The Labute approximate surface area is 218 Å². The van der Waals surface area contributed by atoms with E-state index >= 15 is 0 Å². The zero-order valence-corrected chi connectivity index (χ0v) is 23.0. The number of carbonyl (C=O) groups excluding carboxylic acids is 1. The third-order valence-electron chi connectivity index (χ3n) is 6.31. The van der Waals surface area contributed by atoms with Crippen molar-refractivity contribution in [2.24, 2.45) is 0 Å². The largest absolute Gasteiger partial charge is 0.487 e. The number of nitrogens with zero attached hydrogens (tertiary/aromatic N) is 2. The van der Waals surface area contributed by atoms with Gasteiger partial charge in [-0.05, 0) is 50.6 Å². The topological polar surface area (TPSA) is 111 Å². The minimum atomic E-state index is -3.91. The van der Waals surface area contributed by atoms with Crippen LogP contribution >= 0.6 is 0 Å². The Bertz CT molecular complexity index is 1320. The molecule has 0 spiro atoms. The van der Waals surface area contributed by atoms with Gasteiger partial charge in [0.2, 0.25) is 15.9 Å². The summed E-state index contributed by atoms with van der Waals surface area (Å²) in [7, 11) is -2.65. The molecule has 3 rings (SSSR count). The fourth-order valence-electron chi connectivity index (χ4n) is 3.89. The lowest BCUT2D eigenvalue weighted by Crippen LogP contribution is -2.54. The van der Waals surface area contributed by atoms with Crippen molar-refractivity contribution in [3.63, 3.8) is 0 Å². The molecule has 0 radical (unpaired) electrons. The van der Waals surface area contributed by atoms with E-state index < -0.39 is 20.9 Å². The molecule has 0 bridgehead atoms. The van der Waals surface area contributed by atoms with Crippen LogP contribution in [0.2, 0.25) is 0 Å². The first-order valence-corrected chi connectivity index (χ1v) is 13.6. The van der Waals surface area contributed by atoms with Crippen LogP contribution in [0.5, 0.6) is 5.75 Å². The molecular weight excluding hydrogens is 494 g/mol. The van der Waals surface area contributed by atoms with Gasteiger partial charge in [-0.25, -0.2) is 17.7 Å². The molecule has 1 atom stereocenters. The van der Waals surface area contributed by atoms with Gasteiger partial charge in [0.25, 0.3) is 0 Å². The van der Waals surface area contributed by atoms with Gasteiger partial charge in [-0.15, -0.1) is 0 Å². The molecule has 0 fully saturated rings. The Morgan fingerprint density at radius 2 is 1.78 bits per heavy atom. The van der Waals surface area contributed by atoms with Crippen LogP contribution in [0, 0.1) is 13.8 Å². The molecule has 1 heterocycles. The first-order valence-electron chi connectivity index (χ1n) is 12.1. The van der Waals surface area contributed by atoms with E-state index in [0.717, 1.165) is 11.1 Å². The number of hydrogen-bond donors (Lipinski definition) is 1. The molecule has 1 N–H and O–H groups in total.